The minimum atomic E-state index is -0.364. The molecule has 0 saturated heterocycles. The van der Waals surface area contributed by atoms with Gasteiger partial charge in [0.2, 0.25) is 0 Å². The Kier molecular flexibility index (Phi) is 4.31. The Bertz CT molecular complexity index is 486. The largest absolute Gasteiger partial charge is 0.493 e. The van der Waals surface area contributed by atoms with Crippen molar-refractivity contribution in [2.24, 2.45) is 0 Å². The van der Waals surface area contributed by atoms with Crippen molar-refractivity contribution in [1.29, 1.82) is 0 Å². The summed E-state index contributed by atoms with van der Waals surface area (Å²) in [5, 5.41) is 9.09. The van der Waals surface area contributed by atoms with E-state index in [-0.39, 0.29) is 12.4 Å². The summed E-state index contributed by atoms with van der Waals surface area (Å²) in [5.41, 5.74) is 1.67. The standard InChI is InChI=1S/C15H15FO2/c16-14-6-7-15(9-13(8-14)10-17)18-11-12-4-2-1-3-5-12/h1-8,17H,9-11H2. The molecule has 1 aliphatic rings. The zero-order chi connectivity index (χ0) is 12.8. The van der Waals surface area contributed by atoms with Crippen LogP contribution in [-0.2, 0) is 11.3 Å². The Balaban J connectivity index is 2.00. The molecule has 0 amide bonds. The first-order chi connectivity index (χ1) is 8.78. The maximum absolute atomic E-state index is 13.2. The predicted octanol–water partition coefficient (Wildman–Crippen LogP) is 3.26. The quantitative estimate of drug-likeness (QED) is 0.883. The molecule has 0 unspecified atom stereocenters. The molecule has 0 radical (unpaired) electrons. The van der Waals surface area contributed by atoms with Gasteiger partial charge >= 0.3 is 0 Å². The number of ether oxygens (including phenoxy) is 1. The van der Waals surface area contributed by atoms with E-state index in [1.807, 2.05) is 30.3 Å². The summed E-state index contributed by atoms with van der Waals surface area (Å²) < 4.78 is 18.8. The fourth-order valence-corrected chi connectivity index (χ4v) is 1.70. The molecule has 94 valence electrons. The number of aliphatic hydroxyl groups excluding tert-OH is 1. The minimum Gasteiger partial charge on any atom is -0.493 e. The number of rotatable bonds is 4. The molecule has 2 rings (SSSR count). The van der Waals surface area contributed by atoms with Crippen molar-refractivity contribution in [3.05, 3.63) is 71.3 Å². The second-order valence-electron chi connectivity index (χ2n) is 4.10. The predicted molar refractivity (Wildman–Crippen MR) is 68.3 cm³/mol. The van der Waals surface area contributed by atoms with Crippen molar-refractivity contribution in [3.8, 4) is 0 Å². The molecule has 1 N–H and O–H groups in total. The van der Waals surface area contributed by atoms with Crippen LogP contribution < -0.4 is 0 Å². The van der Waals surface area contributed by atoms with Crippen LogP contribution in [0.5, 0.6) is 0 Å². The SMILES string of the molecule is OCC1=CC(F)=CC=C(OCc2ccccc2)C1. The maximum atomic E-state index is 13.2. The summed E-state index contributed by atoms with van der Waals surface area (Å²) in [6.07, 6.45) is 4.74. The molecule has 0 fully saturated rings. The van der Waals surface area contributed by atoms with E-state index >= 15 is 0 Å². The van der Waals surface area contributed by atoms with E-state index in [1.165, 1.54) is 12.2 Å². The summed E-state index contributed by atoms with van der Waals surface area (Å²) in [7, 11) is 0. The molecule has 0 spiro atoms. The molecule has 0 heterocycles. The average molecular weight is 246 g/mol. The van der Waals surface area contributed by atoms with Gasteiger partial charge in [0, 0.05) is 6.42 Å². The monoisotopic (exact) mass is 246 g/mol. The fourth-order valence-electron chi connectivity index (χ4n) is 1.70. The average Bonchev–Trinajstić information content (AvgIpc) is 2.59. The van der Waals surface area contributed by atoms with Crippen molar-refractivity contribution in [2.75, 3.05) is 6.61 Å². The Hall–Kier alpha value is -1.87. The smallest absolute Gasteiger partial charge is 0.123 e. The first-order valence-corrected chi connectivity index (χ1v) is 5.81. The van der Waals surface area contributed by atoms with E-state index in [9.17, 15) is 4.39 Å². The van der Waals surface area contributed by atoms with Gasteiger partial charge in [-0.3, -0.25) is 0 Å². The molecule has 18 heavy (non-hydrogen) atoms. The molecule has 0 atom stereocenters. The summed E-state index contributed by atoms with van der Waals surface area (Å²) in [6, 6.07) is 9.77. The van der Waals surface area contributed by atoms with Crippen LogP contribution in [0.1, 0.15) is 12.0 Å². The second-order valence-corrected chi connectivity index (χ2v) is 4.10. The number of benzene rings is 1. The van der Waals surface area contributed by atoms with Crippen LogP contribution in [0, 0.1) is 0 Å². The minimum absolute atomic E-state index is 0.159. The van der Waals surface area contributed by atoms with Crippen molar-refractivity contribution in [3.63, 3.8) is 0 Å². The third kappa shape index (κ3) is 3.57. The van der Waals surface area contributed by atoms with Gasteiger partial charge in [-0.05, 0) is 29.4 Å². The van der Waals surface area contributed by atoms with Crippen molar-refractivity contribution in [2.45, 2.75) is 13.0 Å². The lowest BCUT2D eigenvalue weighted by atomic mass is 10.1. The van der Waals surface area contributed by atoms with Gasteiger partial charge in [0.1, 0.15) is 18.2 Å². The fraction of sp³-hybridized carbons (Fsp3) is 0.200. The van der Waals surface area contributed by atoms with Crippen molar-refractivity contribution >= 4 is 0 Å². The topological polar surface area (TPSA) is 29.5 Å². The normalized spacial score (nSPS) is 15.3. The van der Waals surface area contributed by atoms with Crippen LogP contribution in [0.15, 0.2) is 65.7 Å². The summed E-state index contributed by atoms with van der Waals surface area (Å²) in [4.78, 5) is 0. The van der Waals surface area contributed by atoms with Crippen LogP contribution in [0.3, 0.4) is 0 Å². The lowest BCUT2D eigenvalue weighted by Gasteiger charge is -2.10. The van der Waals surface area contributed by atoms with Gasteiger partial charge in [-0.1, -0.05) is 30.3 Å². The van der Waals surface area contributed by atoms with Gasteiger partial charge in [-0.2, -0.15) is 0 Å². The first-order valence-electron chi connectivity index (χ1n) is 5.81. The van der Waals surface area contributed by atoms with E-state index in [4.69, 9.17) is 9.84 Å². The number of halogens is 1. The van der Waals surface area contributed by atoms with Crippen LogP contribution in [0.4, 0.5) is 4.39 Å². The van der Waals surface area contributed by atoms with Gasteiger partial charge in [0.15, 0.2) is 0 Å². The van der Waals surface area contributed by atoms with E-state index in [0.29, 0.717) is 24.4 Å². The molecule has 1 aliphatic carbocycles. The van der Waals surface area contributed by atoms with Gasteiger partial charge < -0.3 is 9.84 Å². The van der Waals surface area contributed by atoms with Crippen molar-refractivity contribution in [1.82, 2.24) is 0 Å². The molecular weight excluding hydrogens is 231 g/mol. The molecule has 0 bridgehead atoms. The van der Waals surface area contributed by atoms with Crippen LogP contribution in [0.2, 0.25) is 0 Å². The Morgan fingerprint density at radius 1 is 1.17 bits per heavy atom. The first kappa shape index (κ1) is 12.6. The van der Waals surface area contributed by atoms with Gasteiger partial charge in [-0.25, -0.2) is 4.39 Å². The van der Waals surface area contributed by atoms with Crippen LogP contribution in [0.25, 0.3) is 0 Å². The van der Waals surface area contributed by atoms with Crippen LogP contribution in [-0.4, -0.2) is 11.7 Å². The van der Waals surface area contributed by atoms with E-state index in [1.54, 1.807) is 6.08 Å². The van der Waals surface area contributed by atoms with Gasteiger partial charge in [0.05, 0.1) is 6.61 Å². The lowest BCUT2D eigenvalue weighted by Crippen LogP contribution is -1.97. The highest BCUT2D eigenvalue weighted by atomic mass is 19.1. The highest BCUT2D eigenvalue weighted by Gasteiger charge is 2.07. The summed E-state index contributed by atoms with van der Waals surface area (Å²) in [5.74, 6) is 0.296. The van der Waals surface area contributed by atoms with E-state index in [0.717, 1.165) is 5.56 Å². The Morgan fingerprint density at radius 2 is 1.94 bits per heavy atom. The maximum Gasteiger partial charge on any atom is 0.123 e. The van der Waals surface area contributed by atoms with Crippen molar-refractivity contribution < 1.29 is 14.2 Å². The third-order valence-corrected chi connectivity index (χ3v) is 2.64. The lowest BCUT2D eigenvalue weighted by molar-refractivity contribution is 0.190. The molecule has 2 nitrogen and oxygen atoms in total. The molecule has 1 aromatic carbocycles. The second kappa shape index (κ2) is 6.17. The van der Waals surface area contributed by atoms with Crippen LogP contribution >= 0.6 is 0 Å². The number of hydrogen-bond donors (Lipinski definition) is 1. The Morgan fingerprint density at radius 3 is 2.67 bits per heavy atom. The summed E-state index contributed by atoms with van der Waals surface area (Å²) >= 11 is 0. The zero-order valence-electron chi connectivity index (χ0n) is 9.97. The number of aliphatic hydroxyl groups is 1. The molecule has 1 aromatic rings. The molecule has 0 saturated carbocycles. The molecule has 3 heteroatoms. The molecule has 0 aromatic heterocycles. The summed E-state index contributed by atoms with van der Waals surface area (Å²) in [6.45, 7) is 0.286. The van der Waals surface area contributed by atoms with Gasteiger partial charge in [-0.15, -0.1) is 0 Å². The molecule has 0 aliphatic heterocycles. The number of allylic oxidation sites excluding steroid dienone is 5. The van der Waals surface area contributed by atoms with E-state index < -0.39 is 0 Å². The third-order valence-electron chi connectivity index (χ3n) is 2.64. The van der Waals surface area contributed by atoms with E-state index in [2.05, 4.69) is 0 Å². The zero-order valence-corrected chi connectivity index (χ0v) is 9.97. The number of hydrogen-bond acceptors (Lipinski definition) is 2. The molecular formula is C15H15FO2. The highest BCUT2D eigenvalue weighted by Crippen LogP contribution is 2.20. The van der Waals surface area contributed by atoms with Gasteiger partial charge in [0.25, 0.3) is 0 Å². The Labute approximate surface area is 106 Å². The highest BCUT2D eigenvalue weighted by molar-refractivity contribution is 5.30.